The molecule has 1 aromatic carbocycles. The van der Waals surface area contributed by atoms with E-state index < -0.39 is 5.60 Å². The molecule has 2 aliphatic rings. The number of rotatable bonds is 5. The molecule has 6 rings (SSSR count). The fraction of sp³-hybridized carbons (Fsp3) is 0.538. The summed E-state index contributed by atoms with van der Waals surface area (Å²) in [5.41, 5.74) is 9.91. The number of anilines is 1. The Balaban J connectivity index is 1.32. The molecular formula is C26H34N8O3. The molecule has 4 aromatic rings. The van der Waals surface area contributed by atoms with Crippen LogP contribution < -0.4 is 10.6 Å². The van der Waals surface area contributed by atoms with Gasteiger partial charge in [0.2, 0.25) is 0 Å². The molecule has 11 heteroatoms. The molecule has 11 nitrogen and oxygen atoms in total. The van der Waals surface area contributed by atoms with Gasteiger partial charge in [-0.1, -0.05) is 0 Å². The summed E-state index contributed by atoms with van der Waals surface area (Å²) in [5, 5.41) is 25.1. The van der Waals surface area contributed by atoms with Gasteiger partial charge in [-0.2, -0.15) is 5.10 Å². The summed E-state index contributed by atoms with van der Waals surface area (Å²) in [6.07, 6.45) is 5.35. The fourth-order valence-electron chi connectivity index (χ4n) is 5.78. The van der Waals surface area contributed by atoms with Crippen LogP contribution in [0.5, 0.6) is 0 Å². The zero-order valence-corrected chi connectivity index (χ0v) is 21.5. The van der Waals surface area contributed by atoms with Crippen LogP contribution in [-0.4, -0.2) is 77.0 Å². The number of aliphatic hydroxyl groups excluding tert-OH is 1. The minimum atomic E-state index is -0.873. The van der Waals surface area contributed by atoms with E-state index in [9.17, 15) is 10.2 Å². The van der Waals surface area contributed by atoms with Crippen LogP contribution in [0.15, 0.2) is 30.7 Å². The Kier molecular flexibility index (Phi) is 5.72. The molecule has 0 aliphatic carbocycles. The maximum absolute atomic E-state index is 10.3. The Labute approximate surface area is 214 Å². The molecule has 196 valence electrons. The van der Waals surface area contributed by atoms with Gasteiger partial charge in [-0.05, 0) is 51.8 Å². The summed E-state index contributed by atoms with van der Waals surface area (Å²) >= 11 is 0. The van der Waals surface area contributed by atoms with Crippen LogP contribution in [0.4, 0.5) is 5.82 Å². The highest BCUT2D eigenvalue weighted by Crippen LogP contribution is 2.42. The van der Waals surface area contributed by atoms with E-state index in [2.05, 4.69) is 15.0 Å². The predicted molar refractivity (Wildman–Crippen MR) is 139 cm³/mol. The maximum atomic E-state index is 10.3. The van der Waals surface area contributed by atoms with Crippen LogP contribution >= 0.6 is 0 Å². The lowest BCUT2D eigenvalue weighted by Gasteiger charge is -2.41. The van der Waals surface area contributed by atoms with Crippen molar-refractivity contribution >= 4 is 28.0 Å². The number of piperidine rings is 1. The first kappa shape index (κ1) is 24.2. The summed E-state index contributed by atoms with van der Waals surface area (Å²) in [6.45, 7) is 8.05. The zero-order valence-electron chi connectivity index (χ0n) is 21.5. The molecule has 2 saturated heterocycles. The molecule has 0 unspecified atom stereocenters. The third kappa shape index (κ3) is 4.15. The van der Waals surface area contributed by atoms with Gasteiger partial charge in [0.1, 0.15) is 11.2 Å². The number of hydrogen-bond donors (Lipinski definition) is 3. The Morgan fingerprint density at radius 2 is 1.97 bits per heavy atom. The van der Waals surface area contributed by atoms with Crippen LogP contribution in [-0.2, 0) is 17.9 Å². The number of hydrogen-bond acceptors (Lipinski definition) is 9. The number of aliphatic hydroxyl groups is 2. The van der Waals surface area contributed by atoms with Crippen LogP contribution in [0.2, 0.25) is 0 Å². The number of benzene rings is 1. The predicted octanol–water partition coefficient (Wildman–Crippen LogP) is 1.76. The van der Waals surface area contributed by atoms with Gasteiger partial charge in [-0.15, -0.1) is 0 Å². The molecule has 37 heavy (non-hydrogen) atoms. The quantitative estimate of drug-likeness (QED) is 0.369. The Morgan fingerprint density at radius 1 is 1.19 bits per heavy atom. The average Bonchev–Trinajstić information content (AvgIpc) is 3.55. The minimum absolute atomic E-state index is 0.00805. The molecule has 0 saturated carbocycles. The molecule has 2 atom stereocenters. The van der Waals surface area contributed by atoms with Gasteiger partial charge in [0.15, 0.2) is 11.5 Å². The van der Waals surface area contributed by atoms with Crippen LogP contribution in [0.1, 0.15) is 39.3 Å². The monoisotopic (exact) mass is 506 g/mol. The third-order valence-electron chi connectivity index (χ3n) is 7.91. The number of fused-ring (bicyclic) bond motifs is 2. The highest BCUT2D eigenvalue weighted by atomic mass is 16.5. The van der Waals surface area contributed by atoms with Crippen molar-refractivity contribution in [3.8, 4) is 5.69 Å². The lowest BCUT2D eigenvalue weighted by molar-refractivity contribution is 0.0626. The molecule has 3 aromatic heterocycles. The Bertz CT molecular complexity index is 1450. The summed E-state index contributed by atoms with van der Waals surface area (Å²) in [7, 11) is 0. The highest BCUT2D eigenvalue weighted by molar-refractivity contribution is 5.80. The normalized spacial score (nSPS) is 22.1. The van der Waals surface area contributed by atoms with Crippen molar-refractivity contribution < 1.29 is 14.9 Å². The van der Waals surface area contributed by atoms with Crippen molar-refractivity contribution in [1.82, 2.24) is 29.3 Å². The number of nitrogens with zero attached hydrogens (tertiary/aromatic N) is 7. The molecule has 0 bridgehead atoms. The van der Waals surface area contributed by atoms with Crippen molar-refractivity contribution in [3.63, 3.8) is 0 Å². The number of aromatic nitrogens is 6. The maximum Gasteiger partial charge on any atom is 0.182 e. The number of imidazole rings is 1. The summed E-state index contributed by atoms with van der Waals surface area (Å²) < 4.78 is 9.52. The topological polar surface area (TPSA) is 140 Å². The van der Waals surface area contributed by atoms with Crippen LogP contribution in [0.3, 0.4) is 0 Å². The molecule has 4 N–H and O–H groups in total. The molecular weight excluding hydrogens is 472 g/mol. The third-order valence-corrected chi connectivity index (χ3v) is 7.91. The second-order valence-corrected chi connectivity index (χ2v) is 11.2. The largest absolute Gasteiger partial charge is 0.390 e. The van der Waals surface area contributed by atoms with Gasteiger partial charge in [-0.25, -0.2) is 19.6 Å². The van der Waals surface area contributed by atoms with Gasteiger partial charge in [-0.3, -0.25) is 0 Å². The standard InChI is InChI=1S/C26H34N8O3/c1-16-22(27)26(14-37-16)6-8-32(9-7-26)23-20(12-35)31-24-19(30-23)11-29-34(24)17-4-5-18-21(10-17)33(15-28-18)13-25(2,3)36/h4-5,10-11,15-16,22,35-36H,6-9,12-14,27H2,1-3H3/t16-,22+/m0/s1. The first-order chi connectivity index (χ1) is 17.7. The summed E-state index contributed by atoms with van der Waals surface area (Å²) in [5.74, 6) is 0.698. The molecule has 2 aliphatic heterocycles. The van der Waals surface area contributed by atoms with Gasteiger partial charge >= 0.3 is 0 Å². The Hall–Kier alpha value is -3.12. The molecule has 0 amide bonds. The first-order valence-electron chi connectivity index (χ1n) is 12.8. The second kappa shape index (κ2) is 8.73. The van der Waals surface area contributed by atoms with Crippen molar-refractivity contribution in [3.05, 3.63) is 36.4 Å². The highest BCUT2D eigenvalue weighted by Gasteiger charge is 2.47. The van der Waals surface area contributed by atoms with Gasteiger partial charge in [0.05, 0.1) is 60.7 Å². The van der Waals surface area contributed by atoms with Crippen molar-refractivity contribution in [1.29, 1.82) is 0 Å². The van der Waals surface area contributed by atoms with E-state index in [1.807, 2.05) is 29.7 Å². The fourth-order valence-corrected chi connectivity index (χ4v) is 5.78. The van der Waals surface area contributed by atoms with E-state index in [4.69, 9.17) is 20.4 Å². The van der Waals surface area contributed by atoms with Crippen molar-refractivity contribution in [2.75, 3.05) is 24.6 Å². The SMILES string of the molecule is C[C@@H]1OCC2(CCN(c3nc4cnn(-c5ccc6ncn(CC(C)(C)O)c6c5)c4nc3CO)CC2)[C@@H]1N. The molecule has 1 spiro atoms. The number of nitrogens with two attached hydrogens (primary N) is 1. The smallest absolute Gasteiger partial charge is 0.182 e. The molecule has 5 heterocycles. The van der Waals surface area contributed by atoms with E-state index in [1.165, 1.54) is 0 Å². The molecule has 0 radical (unpaired) electrons. The molecule has 2 fully saturated rings. The van der Waals surface area contributed by atoms with Crippen molar-refractivity contribution in [2.24, 2.45) is 11.1 Å². The van der Waals surface area contributed by atoms with Crippen LogP contribution in [0.25, 0.3) is 27.9 Å². The first-order valence-corrected chi connectivity index (χ1v) is 12.8. The minimum Gasteiger partial charge on any atom is -0.390 e. The lowest BCUT2D eigenvalue weighted by Crippen LogP contribution is -2.51. The van der Waals surface area contributed by atoms with E-state index >= 15 is 0 Å². The van der Waals surface area contributed by atoms with E-state index in [-0.39, 0.29) is 24.2 Å². The van der Waals surface area contributed by atoms with E-state index in [0.717, 1.165) is 42.7 Å². The van der Waals surface area contributed by atoms with Gasteiger partial charge in [0, 0.05) is 24.5 Å². The van der Waals surface area contributed by atoms with Gasteiger partial charge in [0.25, 0.3) is 0 Å². The zero-order chi connectivity index (χ0) is 25.9. The lowest BCUT2D eigenvalue weighted by atomic mass is 9.73. The van der Waals surface area contributed by atoms with Gasteiger partial charge < -0.3 is 30.2 Å². The van der Waals surface area contributed by atoms with E-state index in [0.29, 0.717) is 35.8 Å². The van der Waals surface area contributed by atoms with E-state index in [1.54, 1.807) is 31.1 Å². The van der Waals surface area contributed by atoms with Crippen LogP contribution in [0, 0.1) is 5.41 Å². The average molecular weight is 507 g/mol. The summed E-state index contributed by atoms with van der Waals surface area (Å²) in [4.78, 5) is 16.3. The van der Waals surface area contributed by atoms with Crippen molar-refractivity contribution in [2.45, 2.75) is 64.5 Å². The second-order valence-electron chi connectivity index (χ2n) is 11.2. The Morgan fingerprint density at radius 3 is 2.65 bits per heavy atom. The number of ether oxygens (including phenoxy) is 1. The summed E-state index contributed by atoms with van der Waals surface area (Å²) in [6, 6.07) is 5.88.